The van der Waals surface area contributed by atoms with Gasteiger partial charge in [-0.15, -0.1) is 0 Å². The molecule has 6 heteroatoms. The van der Waals surface area contributed by atoms with Crippen LogP contribution < -0.4 is 10.6 Å². The summed E-state index contributed by atoms with van der Waals surface area (Å²) in [7, 11) is 0. The summed E-state index contributed by atoms with van der Waals surface area (Å²) in [4.78, 5) is 23.1. The molecule has 114 valence electrons. The number of amides is 1. The molecule has 0 atom stereocenters. The zero-order valence-corrected chi connectivity index (χ0v) is 11.9. The van der Waals surface area contributed by atoms with E-state index in [9.17, 15) is 14.0 Å². The van der Waals surface area contributed by atoms with Gasteiger partial charge in [-0.05, 0) is 30.7 Å². The Hall–Kier alpha value is -2.89. The molecule has 0 aliphatic rings. The van der Waals surface area contributed by atoms with Gasteiger partial charge in [-0.1, -0.05) is 24.3 Å². The Kier molecular flexibility index (Phi) is 4.73. The van der Waals surface area contributed by atoms with Crippen LogP contribution in [-0.4, -0.2) is 23.5 Å². The molecule has 0 saturated carbocycles. The average Bonchev–Trinajstić information content (AvgIpc) is 2.48. The van der Waals surface area contributed by atoms with Crippen LogP contribution >= 0.6 is 0 Å². The topological polar surface area (TPSA) is 78.4 Å². The lowest BCUT2D eigenvalue weighted by molar-refractivity contribution is -0.114. The minimum Gasteiger partial charge on any atom is -0.478 e. The number of hydrogen-bond acceptors (Lipinski definition) is 3. The van der Waals surface area contributed by atoms with E-state index in [2.05, 4.69) is 10.6 Å². The third kappa shape index (κ3) is 3.60. The maximum absolute atomic E-state index is 13.4. The Bertz CT molecular complexity index is 716. The van der Waals surface area contributed by atoms with E-state index >= 15 is 0 Å². The first-order valence-electron chi connectivity index (χ1n) is 6.60. The average molecular weight is 302 g/mol. The molecule has 0 heterocycles. The molecular weight excluding hydrogens is 287 g/mol. The van der Waals surface area contributed by atoms with Crippen molar-refractivity contribution in [1.29, 1.82) is 0 Å². The van der Waals surface area contributed by atoms with Gasteiger partial charge in [-0.2, -0.15) is 0 Å². The van der Waals surface area contributed by atoms with Crippen molar-refractivity contribution in [3.63, 3.8) is 0 Å². The molecule has 0 bridgehead atoms. The van der Waals surface area contributed by atoms with Crippen LogP contribution in [-0.2, 0) is 4.79 Å². The number of carbonyl (C=O) groups is 2. The Morgan fingerprint density at radius 2 is 1.86 bits per heavy atom. The van der Waals surface area contributed by atoms with Crippen LogP contribution in [0.15, 0.2) is 42.5 Å². The zero-order valence-electron chi connectivity index (χ0n) is 11.9. The summed E-state index contributed by atoms with van der Waals surface area (Å²) < 4.78 is 13.4. The van der Waals surface area contributed by atoms with E-state index in [0.29, 0.717) is 5.56 Å². The molecule has 0 saturated heterocycles. The number of anilines is 2. The van der Waals surface area contributed by atoms with E-state index in [1.54, 1.807) is 31.2 Å². The van der Waals surface area contributed by atoms with Gasteiger partial charge in [0.15, 0.2) is 0 Å². The quantitative estimate of drug-likeness (QED) is 0.793. The molecular formula is C16H15FN2O3. The van der Waals surface area contributed by atoms with Crippen molar-refractivity contribution in [2.24, 2.45) is 0 Å². The number of para-hydroxylation sites is 2. The Balaban J connectivity index is 2.07. The summed E-state index contributed by atoms with van der Waals surface area (Å²) in [5.41, 5.74) is 1.11. The van der Waals surface area contributed by atoms with Crippen molar-refractivity contribution < 1.29 is 19.1 Å². The van der Waals surface area contributed by atoms with Crippen molar-refractivity contribution in [3.05, 3.63) is 59.4 Å². The lowest BCUT2D eigenvalue weighted by atomic mass is 10.1. The minimum atomic E-state index is -1.12. The van der Waals surface area contributed by atoms with E-state index < -0.39 is 17.7 Å². The van der Waals surface area contributed by atoms with E-state index in [1.165, 1.54) is 18.2 Å². The normalized spacial score (nSPS) is 10.1. The van der Waals surface area contributed by atoms with Crippen molar-refractivity contribution >= 4 is 23.3 Å². The Morgan fingerprint density at radius 3 is 2.55 bits per heavy atom. The van der Waals surface area contributed by atoms with Gasteiger partial charge in [-0.25, -0.2) is 9.18 Å². The predicted molar refractivity (Wildman–Crippen MR) is 81.7 cm³/mol. The van der Waals surface area contributed by atoms with Crippen LogP contribution in [0.2, 0.25) is 0 Å². The van der Waals surface area contributed by atoms with E-state index in [-0.39, 0.29) is 23.5 Å². The van der Waals surface area contributed by atoms with Gasteiger partial charge in [0.25, 0.3) is 0 Å². The van der Waals surface area contributed by atoms with Gasteiger partial charge in [0, 0.05) is 0 Å². The highest BCUT2D eigenvalue weighted by atomic mass is 19.1. The lowest BCUT2D eigenvalue weighted by Crippen LogP contribution is -2.23. The number of carboxylic acid groups (broad SMARTS) is 1. The maximum atomic E-state index is 13.4. The number of carboxylic acids is 1. The molecule has 5 nitrogen and oxygen atoms in total. The van der Waals surface area contributed by atoms with Gasteiger partial charge >= 0.3 is 5.97 Å². The Morgan fingerprint density at radius 1 is 1.14 bits per heavy atom. The molecule has 0 spiro atoms. The molecule has 2 aromatic rings. The van der Waals surface area contributed by atoms with Crippen LogP contribution in [0, 0.1) is 12.7 Å². The molecule has 0 aromatic heterocycles. The number of nitrogens with one attached hydrogen (secondary N) is 2. The summed E-state index contributed by atoms with van der Waals surface area (Å²) in [5.74, 6) is -2.04. The number of benzene rings is 2. The molecule has 0 unspecified atom stereocenters. The first kappa shape index (κ1) is 15.5. The van der Waals surface area contributed by atoms with Crippen LogP contribution in [0.3, 0.4) is 0 Å². The number of hydrogen-bond donors (Lipinski definition) is 3. The summed E-state index contributed by atoms with van der Waals surface area (Å²) in [6.45, 7) is 1.53. The van der Waals surface area contributed by atoms with E-state index in [4.69, 9.17) is 5.11 Å². The second kappa shape index (κ2) is 6.71. The molecule has 0 fully saturated rings. The van der Waals surface area contributed by atoms with Crippen molar-refractivity contribution in [3.8, 4) is 0 Å². The molecule has 22 heavy (non-hydrogen) atoms. The number of aryl methyl sites for hydroxylation is 1. The second-order valence-corrected chi connectivity index (χ2v) is 4.68. The second-order valence-electron chi connectivity index (χ2n) is 4.68. The fourth-order valence-electron chi connectivity index (χ4n) is 1.98. The molecule has 2 aromatic carbocycles. The number of halogens is 1. The molecule has 3 N–H and O–H groups in total. The Labute approximate surface area is 126 Å². The summed E-state index contributed by atoms with van der Waals surface area (Å²) >= 11 is 0. The van der Waals surface area contributed by atoms with Gasteiger partial charge in [0.2, 0.25) is 5.91 Å². The third-order valence-corrected chi connectivity index (χ3v) is 3.08. The molecule has 1 amide bonds. The largest absolute Gasteiger partial charge is 0.478 e. The smallest absolute Gasteiger partial charge is 0.337 e. The number of carbonyl (C=O) groups excluding carboxylic acids is 1. The SMILES string of the molecule is Cc1cccc(C(=O)O)c1NC(=O)CNc1ccccc1F. The number of aromatic carboxylic acids is 1. The zero-order chi connectivity index (χ0) is 16.1. The van der Waals surface area contributed by atoms with Crippen LogP contribution in [0.25, 0.3) is 0 Å². The molecule has 0 aliphatic heterocycles. The fraction of sp³-hybridized carbons (Fsp3) is 0.125. The van der Waals surface area contributed by atoms with Gasteiger partial charge < -0.3 is 15.7 Å². The first-order valence-corrected chi connectivity index (χ1v) is 6.60. The van der Waals surface area contributed by atoms with E-state index in [0.717, 1.165) is 0 Å². The molecule has 0 aliphatic carbocycles. The standard InChI is InChI=1S/C16H15FN2O3/c1-10-5-4-6-11(16(21)22)15(10)19-14(20)9-18-13-8-3-2-7-12(13)17/h2-8,18H,9H2,1H3,(H,19,20)(H,21,22). The minimum absolute atomic E-state index is 0.0132. The van der Waals surface area contributed by atoms with Gasteiger partial charge in [0.05, 0.1) is 23.5 Å². The van der Waals surface area contributed by atoms with Gasteiger partial charge in [-0.3, -0.25) is 4.79 Å². The highest BCUT2D eigenvalue weighted by Crippen LogP contribution is 2.20. The summed E-state index contributed by atoms with van der Waals surface area (Å²) in [6.07, 6.45) is 0. The molecule has 0 radical (unpaired) electrons. The van der Waals surface area contributed by atoms with Crippen LogP contribution in [0.5, 0.6) is 0 Å². The van der Waals surface area contributed by atoms with Crippen LogP contribution in [0.1, 0.15) is 15.9 Å². The van der Waals surface area contributed by atoms with Gasteiger partial charge in [0.1, 0.15) is 5.82 Å². The van der Waals surface area contributed by atoms with E-state index in [1.807, 2.05) is 0 Å². The maximum Gasteiger partial charge on any atom is 0.337 e. The summed E-state index contributed by atoms with van der Waals surface area (Å²) in [6, 6.07) is 10.7. The fourth-order valence-corrected chi connectivity index (χ4v) is 1.98. The third-order valence-electron chi connectivity index (χ3n) is 3.08. The highest BCUT2D eigenvalue weighted by molar-refractivity contribution is 6.02. The molecule has 2 rings (SSSR count). The number of rotatable bonds is 5. The van der Waals surface area contributed by atoms with Crippen molar-refractivity contribution in [2.45, 2.75) is 6.92 Å². The van der Waals surface area contributed by atoms with Crippen molar-refractivity contribution in [1.82, 2.24) is 0 Å². The van der Waals surface area contributed by atoms with Crippen LogP contribution in [0.4, 0.5) is 15.8 Å². The summed E-state index contributed by atoms with van der Waals surface area (Å²) in [5, 5.41) is 14.3. The highest BCUT2D eigenvalue weighted by Gasteiger charge is 2.14. The van der Waals surface area contributed by atoms with Crippen molar-refractivity contribution in [2.75, 3.05) is 17.2 Å². The monoisotopic (exact) mass is 302 g/mol. The first-order chi connectivity index (χ1) is 10.5. The lowest BCUT2D eigenvalue weighted by Gasteiger charge is -2.12. The predicted octanol–water partition coefficient (Wildman–Crippen LogP) is 2.88.